The zero-order valence-electron chi connectivity index (χ0n) is 19.5. The second kappa shape index (κ2) is 11.8. The molecule has 0 saturated carbocycles. The summed E-state index contributed by atoms with van der Waals surface area (Å²) in [6, 6.07) is 20.7. The second-order valence-electron chi connectivity index (χ2n) is 7.46. The van der Waals surface area contributed by atoms with E-state index in [2.05, 4.69) is 25.7 Å². The highest BCUT2D eigenvalue weighted by molar-refractivity contribution is 7.91. The lowest BCUT2D eigenvalue weighted by molar-refractivity contribution is -0.117. The number of ether oxygens (including phenoxy) is 1. The summed E-state index contributed by atoms with van der Waals surface area (Å²) in [5.74, 6) is -1.32. The molecule has 0 aliphatic heterocycles. The maximum Gasteiger partial charge on any atom is 0.413 e. The zero-order chi connectivity index (χ0) is 26.1. The number of aliphatic imine (C=N–C) groups is 1. The fourth-order valence-corrected chi connectivity index (χ4v) is 4.43. The molecule has 0 aromatic heterocycles. The maximum absolute atomic E-state index is 13.1. The van der Waals surface area contributed by atoms with Gasteiger partial charge in [-0.3, -0.25) is 14.9 Å². The Hall–Kier alpha value is -4.51. The lowest BCUT2D eigenvalue weighted by atomic mass is 10.1. The number of methoxy groups -OCH3 is 1. The van der Waals surface area contributed by atoms with Gasteiger partial charge in [-0.1, -0.05) is 48.5 Å². The molecule has 0 aliphatic rings. The van der Waals surface area contributed by atoms with Crippen molar-refractivity contribution < 1.29 is 27.5 Å². The van der Waals surface area contributed by atoms with E-state index < -0.39 is 27.7 Å². The van der Waals surface area contributed by atoms with Gasteiger partial charge in [0.1, 0.15) is 0 Å². The van der Waals surface area contributed by atoms with Crippen molar-refractivity contribution in [3.63, 3.8) is 0 Å². The van der Waals surface area contributed by atoms with Crippen LogP contribution in [0.5, 0.6) is 0 Å². The van der Waals surface area contributed by atoms with Crippen molar-refractivity contribution in [1.29, 1.82) is 0 Å². The van der Waals surface area contributed by atoms with Crippen LogP contribution < -0.4 is 16.0 Å². The average molecular weight is 509 g/mol. The van der Waals surface area contributed by atoms with E-state index in [1.165, 1.54) is 37.3 Å². The highest BCUT2D eigenvalue weighted by Crippen LogP contribution is 2.29. The van der Waals surface area contributed by atoms with Crippen LogP contribution in [0.25, 0.3) is 0 Å². The van der Waals surface area contributed by atoms with Crippen molar-refractivity contribution in [2.45, 2.75) is 23.1 Å². The number of sulfone groups is 1. The number of benzene rings is 3. The smallest absolute Gasteiger partial charge is 0.413 e. The number of guanidine groups is 1. The van der Waals surface area contributed by atoms with E-state index in [1.807, 2.05) is 6.07 Å². The molecule has 3 amide bonds. The maximum atomic E-state index is 13.1. The van der Waals surface area contributed by atoms with E-state index in [0.29, 0.717) is 5.56 Å². The van der Waals surface area contributed by atoms with Gasteiger partial charge in [-0.2, -0.15) is 4.99 Å². The Morgan fingerprint density at radius 3 is 2.08 bits per heavy atom. The average Bonchev–Trinajstić information content (AvgIpc) is 2.85. The van der Waals surface area contributed by atoms with Crippen LogP contribution in [0.15, 0.2) is 93.6 Å². The third-order valence-electron chi connectivity index (χ3n) is 4.76. The molecule has 0 saturated heterocycles. The topological polar surface area (TPSA) is 143 Å². The van der Waals surface area contributed by atoms with Crippen molar-refractivity contribution in [2.75, 3.05) is 17.7 Å². The highest BCUT2D eigenvalue weighted by atomic mass is 32.2. The summed E-state index contributed by atoms with van der Waals surface area (Å²) >= 11 is 0. The quantitative estimate of drug-likeness (QED) is 0.342. The second-order valence-corrected chi connectivity index (χ2v) is 9.41. The minimum absolute atomic E-state index is 0.0458. The van der Waals surface area contributed by atoms with E-state index in [0.717, 1.165) is 7.11 Å². The summed E-state index contributed by atoms with van der Waals surface area (Å²) in [7, 11) is -2.77. The molecular weight excluding hydrogens is 484 g/mol. The van der Waals surface area contributed by atoms with Crippen LogP contribution in [-0.2, 0) is 30.6 Å². The molecule has 0 fully saturated rings. The summed E-state index contributed by atoms with van der Waals surface area (Å²) in [5.41, 5.74) is 0.979. The van der Waals surface area contributed by atoms with Gasteiger partial charge in [-0.05, 0) is 35.9 Å². The standard InChI is InChI=1S/C25H24N4O6S/c1-17(30)26-21-14-13-20(36(33,34)19-11-7-4-8-12-19)16-22(21)27-24(29-25(32)35-2)28-23(31)15-18-9-5-3-6-10-18/h3-14,16H,15H2,1-2H3,(H,26,30)(H2,27,28,29,31,32). The van der Waals surface area contributed by atoms with Crippen molar-refractivity contribution in [2.24, 2.45) is 4.99 Å². The van der Waals surface area contributed by atoms with Crippen LogP contribution >= 0.6 is 0 Å². The van der Waals surface area contributed by atoms with Crippen LogP contribution in [0.2, 0.25) is 0 Å². The molecule has 3 aromatic rings. The highest BCUT2D eigenvalue weighted by Gasteiger charge is 2.20. The first-order chi connectivity index (χ1) is 17.2. The number of hydrogen-bond acceptors (Lipinski definition) is 6. The molecule has 0 spiro atoms. The normalized spacial score (nSPS) is 11.3. The van der Waals surface area contributed by atoms with Crippen LogP contribution in [0.1, 0.15) is 12.5 Å². The van der Waals surface area contributed by atoms with Crippen LogP contribution in [0.3, 0.4) is 0 Å². The molecule has 3 aromatic carbocycles. The Kier molecular flexibility index (Phi) is 8.52. The number of amides is 3. The number of anilines is 2. The molecule has 0 unspecified atom stereocenters. The van der Waals surface area contributed by atoms with Gasteiger partial charge < -0.3 is 15.4 Å². The Bertz CT molecular complexity index is 1390. The summed E-state index contributed by atoms with van der Waals surface area (Å²) < 4.78 is 30.8. The first kappa shape index (κ1) is 26.1. The molecule has 0 bridgehead atoms. The van der Waals surface area contributed by atoms with Gasteiger partial charge in [-0.15, -0.1) is 0 Å². The Balaban J connectivity index is 2.01. The van der Waals surface area contributed by atoms with Gasteiger partial charge >= 0.3 is 6.09 Å². The minimum Gasteiger partial charge on any atom is -0.453 e. The van der Waals surface area contributed by atoms with Gasteiger partial charge in [0, 0.05) is 6.92 Å². The minimum atomic E-state index is -3.91. The third kappa shape index (κ3) is 7.00. The van der Waals surface area contributed by atoms with Gasteiger partial charge in [0.15, 0.2) is 0 Å². The summed E-state index contributed by atoms with van der Waals surface area (Å²) in [5, 5.41) is 7.61. The first-order valence-corrected chi connectivity index (χ1v) is 12.2. The Morgan fingerprint density at radius 1 is 0.833 bits per heavy atom. The molecule has 3 N–H and O–H groups in total. The van der Waals surface area contributed by atoms with Crippen LogP contribution in [0, 0.1) is 0 Å². The fourth-order valence-electron chi connectivity index (χ4n) is 3.13. The Morgan fingerprint density at radius 2 is 1.47 bits per heavy atom. The predicted octanol–water partition coefficient (Wildman–Crippen LogP) is 3.37. The number of carbonyl (C=O) groups is 3. The van der Waals surface area contributed by atoms with Crippen molar-refractivity contribution in [3.8, 4) is 0 Å². The van der Waals surface area contributed by atoms with Crippen molar-refractivity contribution in [3.05, 3.63) is 84.4 Å². The van der Waals surface area contributed by atoms with Crippen molar-refractivity contribution >= 4 is 45.1 Å². The number of nitrogens with one attached hydrogen (secondary N) is 3. The molecular formula is C25H24N4O6S. The largest absolute Gasteiger partial charge is 0.453 e. The van der Waals surface area contributed by atoms with E-state index in [9.17, 15) is 22.8 Å². The summed E-state index contributed by atoms with van der Waals surface area (Å²) in [6.07, 6.45) is -0.960. The van der Waals surface area contributed by atoms with Gasteiger partial charge in [0.2, 0.25) is 21.7 Å². The number of rotatable bonds is 6. The van der Waals surface area contributed by atoms with Gasteiger partial charge in [-0.25, -0.2) is 13.2 Å². The van der Waals surface area contributed by atoms with Crippen molar-refractivity contribution in [1.82, 2.24) is 5.32 Å². The zero-order valence-corrected chi connectivity index (χ0v) is 20.3. The molecule has 0 heterocycles. The molecule has 11 heteroatoms. The van der Waals surface area contributed by atoms with Crippen LogP contribution in [-0.4, -0.2) is 39.4 Å². The summed E-state index contributed by atoms with van der Waals surface area (Å²) in [6.45, 7) is 1.28. The number of carbonyl (C=O) groups excluding carboxylic acids is 3. The molecule has 3 rings (SSSR count). The SMILES string of the molecule is COC(=O)N/C(=N\C(=O)Cc1ccccc1)Nc1cc(S(=O)(=O)c2ccccc2)ccc1NC(C)=O. The summed E-state index contributed by atoms with van der Waals surface area (Å²) in [4.78, 5) is 40.1. The monoisotopic (exact) mass is 508 g/mol. The van der Waals surface area contributed by atoms with E-state index in [4.69, 9.17) is 0 Å². The molecule has 0 radical (unpaired) electrons. The van der Waals surface area contributed by atoms with Gasteiger partial charge in [0.25, 0.3) is 5.91 Å². The fraction of sp³-hybridized carbons (Fsp3) is 0.120. The Labute approximate surface area is 208 Å². The van der Waals surface area contributed by atoms with E-state index in [-0.39, 0.29) is 33.5 Å². The first-order valence-electron chi connectivity index (χ1n) is 10.7. The molecule has 0 atom stereocenters. The lowest BCUT2D eigenvalue weighted by Gasteiger charge is -2.16. The van der Waals surface area contributed by atoms with Crippen LogP contribution in [0.4, 0.5) is 16.2 Å². The molecule has 186 valence electrons. The predicted molar refractivity (Wildman–Crippen MR) is 134 cm³/mol. The molecule has 10 nitrogen and oxygen atoms in total. The van der Waals surface area contributed by atoms with E-state index in [1.54, 1.807) is 42.5 Å². The number of alkyl carbamates (subject to hydrolysis) is 1. The van der Waals surface area contributed by atoms with E-state index >= 15 is 0 Å². The third-order valence-corrected chi connectivity index (χ3v) is 6.53. The molecule has 0 aliphatic carbocycles. The van der Waals surface area contributed by atoms with Gasteiger partial charge in [0.05, 0.1) is 34.7 Å². The number of hydrogen-bond donors (Lipinski definition) is 3. The number of nitrogens with zero attached hydrogens (tertiary/aromatic N) is 1. The molecule has 36 heavy (non-hydrogen) atoms. The lowest BCUT2D eigenvalue weighted by Crippen LogP contribution is -2.37.